The van der Waals surface area contributed by atoms with Crippen LogP contribution < -0.4 is 15.4 Å². The molecule has 36 heavy (non-hydrogen) atoms. The Hall–Kier alpha value is -3.92. The lowest BCUT2D eigenvalue weighted by atomic mass is 10.0. The number of benzene rings is 2. The zero-order valence-corrected chi connectivity index (χ0v) is 19.7. The number of nitrogens with one attached hydrogen (secondary N) is 2. The predicted octanol–water partition coefficient (Wildman–Crippen LogP) is 4.97. The first-order valence-corrected chi connectivity index (χ1v) is 11.0. The number of aromatic nitrogens is 1. The maximum absolute atomic E-state index is 12.2. The monoisotopic (exact) mass is 501 g/mol. The van der Waals surface area contributed by atoms with Crippen molar-refractivity contribution in [2.45, 2.75) is 45.1 Å². The van der Waals surface area contributed by atoms with Gasteiger partial charge in [0.1, 0.15) is 11.4 Å². The van der Waals surface area contributed by atoms with Crippen molar-refractivity contribution in [3.05, 3.63) is 89.2 Å². The van der Waals surface area contributed by atoms with Gasteiger partial charge in [0.15, 0.2) is 0 Å². The van der Waals surface area contributed by atoms with Gasteiger partial charge in [0.2, 0.25) is 0 Å². The van der Waals surface area contributed by atoms with Gasteiger partial charge in [-0.2, -0.15) is 13.2 Å². The lowest BCUT2D eigenvalue weighted by Crippen LogP contribution is -2.24. The molecule has 4 rings (SSSR count). The summed E-state index contributed by atoms with van der Waals surface area (Å²) in [5.41, 5.74) is 4.90. The zero-order valence-electron chi connectivity index (χ0n) is 19.7. The summed E-state index contributed by atoms with van der Waals surface area (Å²) in [4.78, 5) is 25.0. The van der Waals surface area contributed by atoms with Gasteiger partial charge >= 0.3 is 12.1 Å². The molecule has 1 aliphatic heterocycles. The number of fused-ring (bicyclic) bond motifs is 1. The number of rotatable bonds is 6. The van der Waals surface area contributed by atoms with Gasteiger partial charge in [0, 0.05) is 37.6 Å². The van der Waals surface area contributed by atoms with E-state index in [9.17, 15) is 18.0 Å². The molecule has 0 bridgehead atoms. The van der Waals surface area contributed by atoms with Gasteiger partial charge in [-0.15, -0.1) is 0 Å². The molecule has 7 nitrogen and oxygen atoms in total. The number of hydrogen-bond donors (Lipinski definition) is 3. The van der Waals surface area contributed by atoms with Crippen LogP contribution in [0.4, 0.5) is 18.9 Å². The molecule has 0 fully saturated rings. The number of amides is 1. The van der Waals surface area contributed by atoms with Crippen LogP contribution in [0.1, 0.15) is 40.9 Å². The van der Waals surface area contributed by atoms with Crippen molar-refractivity contribution >= 4 is 17.6 Å². The Morgan fingerprint density at radius 2 is 1.69 bits per heavy atom. The fourth-order valence-corrected chi connectivity index (χ4v) is 3.53. The first-order chi connectivity index (χ1) is 16.9. The first-order valence-electron chi connectivity index (χ1n) is 11.0. The van der Waals surface area contributed by atoms with Crippen LogP contribution in [0.25, 0.3) is 0 Å². The highest BCUT2D eigenvalue weighted by Gasteiger charge is 2.38. The van der Waals surface area contributed by atoms with Crippen molar-refractivity contribution in [3.63, 3.8) is 0 Å². The number of pyridine rings is 1. The molecule has 0 saturated carbocycles. The van der Waals surface area contributed by atoms with Crippen LogP contribution >= 0.6 is 0 Å². The van der Waals surface area contributed by atoms with Gasteiger partial charge in [-0.1, -0.05) is 24.3 Å². The summed E-state index contributed by atoms with van der Waals surface area (Å²) >= 11 is 0. The van der Waals surface area contributed by atoms with Crippen LogP contribution in [-0.2, 0) is 24.3 Å². The molecule has 1 aromatic heterocycles. The van der Waals surface area contributed by atoms with E-state index >= 15 is 0 Å². The third-order valence-corrected chi connectivity index (χ3v) is 5.16. The third kappa shape index (κ3) is 7.81. The van der Waals surface area contributed by atoms with Crippen molar-refractivity contribution in [3.8, 4) is 5.75 Å². The van der Waals surface area contributed by atoms with Gasteiger partial charge in [-0.3, -0.25) is 9.78 Å². The van der Waals surface area contributed by atoms with Crippen molar-refractivity contribution in [2.24, 2.45) is 0 Å². The Balaban J connectivity index is 0.000000454. The maximum Gasteiger partial charge on any atom is 0.490 e. The maximum atomic E-state index is 12.2. The average molecular weight is 502 g/mol. The van der Waals surface area contributed by atoms with Gasteiger partial charge in [0.05, 0.1) is 5.56 Å². The first kappa shape index (κ1) is 26.7. The fourth-order valence-electron chi connectivity index (χ4n) is 3.53. The standard InChI is InChI=1S/C24H25N3O2.C2HF3O2/c1-24(2)13-20-12-18(7-10-22(20)29-24)15-26-14-17-5-8-21(9-6-17)27-23(28)19-4-3-11-25-16-19;3-2(4,5)1(6)7/h3-12,16,26H,13-15H2,1-2H3,(H,27,28);(H,6,7). The highest BCUT2D eigenvalue weighted by molar-refractivity contribution is 6.03. The normalized spacial score (nSPS) is 13.6. The molecule has 2 aromatic carbocycles. The number of carbonyl (C=O) groups is 2. The Bertz CT molecular complexity index is 1200. The molecule has 1 amide bonds. The second kappa shape index (κ2) is 11.2. The van der Waals surface area contributed by atoms with E-state index in [2.05, 4.69) is 47.7 Å². The summed E-state index contributed by atoms with van der Waals surface area (Å²) in [6.07, 6.45) is -0.933. The summed E-state index contributed by atoms with van der Waals surface area (Å²) in [6, 6.07) is 17.8. The Labute approximate surface area is 206 Å². The summed E-state index contributed by atoms with van der Waals surface area (Å²) in [5.74, 6) is -1.91. The average Bonchev–Trinajstić information content (AvgIpc) is 3.13. The number of hydrogen-bond acceptors (Lipinski definition) is 5. The number of anilines is 1. The van der Waals surface area contributed by atoms with Crippen LogP contribution in [-0.4, -0.2) is 33.7 Å². The molecule has 0 atom stereocenters. The molecule has 2 heterocycles. The van der Waals surface area contributed by atoms with Crippen LogP contribution in [0.15, 0.2) is 67.0 Å². The van der Waals surface area contributed by atoms with E-state index in [4.69, 9.17) is 14.6 Å². The minimum atomic E-state index is -5.08. The molecule has 0 saturated heterocycles. The SMILES string of the molecule is CC1(C)Cc2cc(CNCc3ccc(NC(=O)c4cccnc4)cc3)ccc2O1.O=C(O)C(F)(F)F. The van der Waals surface area contributed by atoms with Crippen LogP contribution in [0, 0.1) is 0 Å². The van der Waals surface area contributed by atoms with E-state index in [-0.39, 0.29) is 11.5 Å². The molecular formula is C26H26F3N3O4. The number of carbonyl (C=O) groups excluding carboxylic acids is 1. The lowest BCUT2D eigenvalue weighted by Gasteiger charge is -2.16. The molecule has 1 aliphatic rings. The van der Waals surface area contributed by atoms with Gasteiger partial charge in [0.25, 0.3) is 5.91 Å². The molecule has 0 spiro atoms. The highest BCUT2D eigenvalue weighted by Crippen LogP contribution is 2.35. The zero-order chi connectivity index (χ0) is 26.3. The van der Waals surface area contributed by atoms with Crippen molar-refractivity contribution in [1.82, 2.24) is 10.3 Å². The Morgan fingerprint density at radius 3 is 2.31 bits per heavy atom. The minimum absolute atomic E-state index is 0.109. The van der Waals surface area contributed by atoms with E-state index in [0.717, 1.165) is 36.5 Å². The van der Waals surface area contributed by atoms with Crippen molar-refractivity contribution in [1.29, 1.82) is 0 Å². The molecule has 10 heteroatoms. The largest absolute Gasteiger partial charge is 0.490 e. The molecule has 0 radical (unpaired) electrons. The van der Waals surface area contributed by atoms with Gasteiger partial charge in [-0.05, 0) is 60.9 Å². The Morgan fingerprint density at radius 1 is 1.06 bits per heavy atom. The van der Waals surface area contributed by atoms with Crippen LogP contribution in [0.5, 0.6) is 5.75 Å². The molecule has 3 aromatic rings. The summed E-state index contributed by atoms with van der Waals surface area (Å²) in [7, 11) is 0. The predicted molar refractivity (Wildman–Crippen MR) is 128 cm³/mol. The lowest BCUT2D eigenvalue weighted by molar-refractivity contribution is -0.192. The van der Waals surface area contributed by atoms with Gasteiger partial charge in [-0.25, -0.2) is 4.79 Å². The van der Waals surface area contributed by atoms with E-state index in [1.807, 2.05) is 24.3 Å². The number of ether oxygens (including phenoxy) is 1. The molecule has 0 aliphatic carbocycles. The molecular weight excluding hydrogens is 475 g/mol. The van der Waals surface area contributed by atoms with Crippen molar-refractivity contribution in [2.75, 3.05) is 5.32 Å². The molecule has 3 N–H and O–H groups in total. The number of nitrogens with zero attached hydrogens (tertiary/aromatic N) is 1. The summed E-state index contributed by atoms with van der Waals surface area (Å²) < 4.78 is 37.7. The topological polar surface area (TPSA) is 101 Å². The van der Waals surface area contributed by atoms with E-state index in [1.54, 1.807) is 24.5 Å². The minimum Gasteiger partial charge on any atom is -0.487 e. The molecule has 190 valence electrons. The Kier molecular flexibility index (Phi) is 8.31. The second-order valence-corrected chi connectivity index (χ2v) is 8.78. The quantitative estimate of drug-likeness (QED) is 0.441. The third-order valence-electron chi connectivity index (χ3n) is 5.16. The number of halogens is 3. The summed E-state index contributed by atoms with van der Waals surface area (Å²) in [5, 5.41) is 13.5. The fraction of sp³-hybridized carbons (Fsp3) is 0.269. The molecule has 0 unspecified atom stereocenters. The number of alkyl halides is 3. The smallest absolute Gasteiger partial charge is 0.487 e. The number of aliphatic carboxylic acids is 1. The number of carboxylic acid groups (broad SMARTS) is 1. The van der Waals surface area contributed by atoms with E-state index < -0.39 is 12.1 Å². The van der Waals surface area contributed by atoms with Crippen LogP contribution in [0.3, 0.4) is 0 Å². The van der Waals surface area contributed by atoms with Crippen LogP contribution in [0.2, 0.25) is 0 Å². The van der Waals surface area contributed by atoms with E-state index in [1.165, 1.54) is 11.1 Å². The van der Waals surface area contributed by atoms with Gasteiger partial charge < -0.3 is 20.5 Å². The van der Waals surface area contributed by atoms with Crippen molar-refractivity contribution < 1.29 is 32.6 Å². The second-order valence-electron chi connectivity index (χ2n) is 8.78. The highest BCUT2D eigenvalue weighted by atomic mass is 19.4. The van der Waals surface area contributed by atoms with E-state index in [0.29, 0.717) is 5.56 Å². The number of carboxylic acids is 1. The summed E-state index contributed by atoms with van der Waals surface area (Å²) in [6.45, 7) is 5.80.